The molecule has 0 saturated carbocycles. The maximum atomic E-state index is 12.4. The molecule has 3 aromatic carbocycles. The van der Waals surface area contributed by atoms with E-state index < -0.39 is 17.4 Å². The molecule has 216 valence electrons. The second-order valence-corrected chi connectivity index (χ2v) is 10.3. The number of benzene rings is 3. The Hall–Kier alpha value is -4.65. The van der Waals surface area contributed by atoms with E-state index in [4.69, 9.17) is 20.9 Å². The van der Waals surface area contributed by atoms with Crippen LogP contribution in [0.3, 0.4) is 0 Å². The van der Waals surface area contributed by atoms with Crippen molar-refractivity contribution >= 4 is 56.4 Å². The lowest BCUT2D eigenvalue weighted by molar-refractivity contribution is -0.143. The van der Waals surface area contributed by atoms with Gasteiger partial charge in [-0.05, 0) is 61.4 Å². The Bertz CT molecular complexity index is 1790. The number of hydrogen-bond acceptors (Lipinski definition) is 8. The SMILES string of the molecule is CCOC(=O)CCCn1c(C(O)c2ccc(C(=N)N)cc2)nc2cc(N(c3ccc4ncccc4c3)S(=O)[O-])ccc21. The highest BCUT2D eigenvalue weighted by atomic mass is 32.2. The fraction of sp³-hybridized carbons (Fsp3) is 0.200. The van der Waals surface area contributed by atoms with Crippen molar-refractivity contribution in [2.75, 3.05) is 10.9 Å². The molecule has 0 fully saturated rings. The zero-order valence-corrected chi connectivity index (χ0v) is 23.6. The predicted octanol–water partition coefficient (Wildman–Crippen LogP) is 4.23. The van der Waals surface area contributed by atoms with Crippen LogP contribution in [0.1, 0.15) is 42.8 Å². The average molecular weight is 586 g/mol. The van der Waals surface area contributed by atoms with Gasteiger partial charge in [-0.15, -0.1) is 0 Å². The lowest BCUT2D eigenvalue weighted by atomic mass is 10.1. The van der Waals surface area contributed by atoms with E-state index in [-0.39, 0.29) is 18.2 Å². The summed E-state index contributed by atoms with van der Waals surface area (Å²) in [5, 5.41) is 19.8. The summed E-state index contributed by atoms with van der Waals surface area (Å²) >= 11 is -2.65. The molecule has 12 heteroatoms. The summed E-state index contributed by atoms with van der Waals surface area (Å²) in [4.78, 5) is 21.0. The third-order valence-corrected chi connectivity index (χ3v) is 7.54. The Morgan fingerprint density at radius 3 is 2.57 bits per heavy atom. The van der Waals surface area contributed by atoms with Crippen LogP contribution in [0.25, 0.3) is 21.9 Å². The van der Waals surface area contributed by atoms with Gasteiger partial charge >= 0.3 is 5.97 Å². The number of ether oxygens (including phenoxy) is 1. The molecule has 0 spiro atoms. The molecule has 11 nitrogen and oxygen atoms in total. The van der Waals surface area contributed by atoms with Crippen LogP contribution in [0.2, 0.25) is 0 Å². The maximum absolute atomic E-state index is 12.4. The van der Waals surface area contributed by atoms with Crippen LogP contribution in [-0.2, 0) is 27.3 Å². The molecule has 4 N–H and O–H groups in total. The standard InChI is InChI=1S/C30H30N6O5S/c1-2-41-27(37)6-4-16-35-26-14-12-23(36(42(39)40)22-11-13-24-21(17-22)5-3-15-33-24)18-25(26)34-30(35)28(38)19-7-9-20(10-8-19)29(31)32/h3,5,7-15,17-18,28,38H,2,4,6,16H2,1H3,(H3,31,32)(H,39,40)/p-1. The minimum atomic E-state index is -2.65. The number of nitrogens with two attached hydrogens (primary N) is 1. The smallest absolute Gasteiger partial charge is 0.305 e. The van der Waals surface area contributed by atoms with E-state index in [1.165, 1.54) is 4.31 Å². The number of nitrogen functional groups attached to an aromatic ring is 1. The predicted molar refractivity (Wildman–Crippen MR) is 160 cm³/mol. The molecule has 2 aromatic heterocycles. The van der Waals surface area contributed by atoms with Crippen LogP contribution in [0.4, 0.5) is 11.4 Å². The minimum absolute atomic E-state index is 0.0854. The monoisotopic (exact) mass is 585 g/mol. The molecule has 5 rings (SSSR count). The second kappa shape index (κ2) is 12.5. The molecular formula is C30H29N6O5S-. The first-order chi connectivity index (χ1) is 20.3. The van der Waals surface area contributed by atoms with Crippen molar-refractivity contribution in [2.45, 2.75) is 32.4 Å². The Labute approximate surface area is 244 Å². The van der Waals surface area contributed by atoms with Crippen molar-refractivity contribution in [3.05, 3.63) is 95.9 Å². The molecule has 0 radical (unpaired) electrons. The van der Waals surface area contributed by atoms with Gasteiger partial charge in [0.2, 0.25) is 0 Å². The number of fused-ring (bicyclic) bond motifs is 2. The number of aryl methyl sites for hydroxylation is 1. The number of aliphatic hydroxyl groups excluding tert-OH is 1. The first-order valence-corrected chi connectivity index (χ1v) is 14.3. The van der Waals surface area contributed by atoms with Gasteiger partial charge in [-0.3, -0.25) is 23.7 Å². The summed E-state index contributed by atoms with van der Waals surface area (Å²) in [5.41, 5.74) is 9.30. The third kappa shape index (κ3) is 6.00. The summed E-state index contributed by atoms with van der Waals surface area (Å²) in [6.45, 7) is 2.40. The highest BCUT2D eigenvalue weighted by Gasteiger charge is 2.22. The van der Waals surface area contributed by atoms with Gasteiger partial charge in [0.1, 0.15) is 17.8 Å². The maximum Gasteiger partial charge on any atom is 0.305 e. The van der Waals surface area contributed by atoms with Crippen molar-refractivity contribution in [3.8, 4) is 0 Å². The lowest BCUT2D eigenvalue weighted by Crippen LogP contribution is -2.19. The highest BCUT2D eigenvalue weighted by Crippen LogP contribution is 2.33. The van der Waals surface area contributed by atoms with Gasteiger partial charge in [0, 0.05) is 30.1 Å². The largest absolute Gasteiger partial charge is 0.755 e. The van der Waals surface area contributed by atoms with E-state index in [9.17, 15) is 18.7 Å². The number of aromatic nitrogens is 3. The van der Waals surface area contributed by atoms with Crippen LogP contribution in [0.5, 0.6) is 0 Å². The first kappa shape index (κ1) is 28.9. The van der Waals surface area contributed by atoms with E-state index in [1.807, 2.05) is 10.6 Å². The number of rotatable bonds is 11. The second-order valence-electron chi connectivity index (χ2n) is 9.53. The van der Waals surface area contributed by atoms with Crippen LogP contribution in [0.15, 0.2) is 79.0 Å². The van der Waals surface area contributed by atoms with Crippen molar-refractivity contribution in [3.63, 3.8) is 0 Å². The van der Waals surface area contributed by atoms with Crippen LogP contribution in [-0.4, -0.2) is 46.8 Å². The van der Waals surface area contributed by atoms with Crippen LogP contribution >= 0.6 is 0 Å². The molecule has 2 heterocycles. The number of anilines is 2. The van der Waals surface area contributed by atoms with Gasteiger partial charge in [-0.1, -0.05) is 30.3 Å². The summed E-state index contributed by atoms with van der Waals surface area (Å²) in [6.07, 6.45) is 1.17. The number of nitrogens with one attached hydrogen (secondary N) is 1. The van der Waals surface area contributed by atoms with E-state index in [1.54, 1.807) is 79.9 Å². The molecule has 0 aliphatic rings. The Morgan fingerprint density at radius 2 is 1.86 bits per heavy atom. The zero-order chi connectivity index (χ0) is 29.8. The molecule has 2 unspecified atom stereocenters. The third-order valence-electron chi connectivity index (χ3n) is 6.82. The number of pyridine rings is 1. The minimum Gasteiger partial charge on any atom is -0.755 e. The molecular weight excluding hydrogens is 556 g/mol. The van der Waals surface area contributed by atoms with E-state index in [0.717, 1.165) is 10.9 Å². The molecule has 0 bridgehead atoms. The molecule has 2 atom stereocenters. The van der Waals surface area contributed by atoms with Gasteiger partial charge in [0.05, 0.1) is 45.8 Å². The number of aliphatic hydroxyl groups is 1. The molecule has 42 heavy (non-hydrogen) atoms. The molecule has 5 aromatic rings. The number of hydrogen-bond donors (Lipinski definition) is 3. The van der Waals surface area contributed by atoms with E-state index in [0.29, 0.717) is 58.9 Å². The number of nitrogens with zero attached hydrogens (tertiary/aromatic N) is 4. The number of amidine groups is 1. The Balaban J connectivity index is 1.55. The van der Waals surface area contributed by atoms with Gasteiger partial charge in [0.25, 0.3) is 0 Å². The number of imidazole rings is 1. The van der Waals surface area contributed by atoms with Crippen molar-refractivity contribution in [1.82, 2.24) is 14.5 Å². The van der Waals surface area contributed by atoms with Crippen molar-refractivity contribution in [2.24, 2.45) is 5.73 Å². The van der Waals surface area contributed by atoms with Gasteiger partial charge in [0.15, 0.2) is 0 Å². The van der Waals surface area contributed by atoms with E-state index >= 15 is 0 Å². The van der Waals surface area contributed by atoms with Crippen LogP contribution < -0.4 is 10.0 Å². The average Bonchev–Trinajstić information content (AvgIpc) is 3.34. The molecule has 0 aliphatic carbocycles. The summed E-state index contributed by atoms with van der Waals surface area (Å²) in [7, 11) is 0. The normalized spacial score (nSPS) is 12.7. The quantitative estimate of drug-likeness (QED) is 0.0895. The van der Waals surface area contributed by atoms with E-state index in [2.05, 4.69) is 4.98 Å². The first-order valence-electron chi connectivity index (χ1n) is 13.3. The van der Waals surface area contributed by atoms with Gasteiger partial charge in [-0.2, -0.15) is 0 Å². The van der Waals surface area contributed by atoms with Crippen molar-refractivity contribution < 1.29 is 23.4 Å². The summed E-state index contributed by atoms with van der Waals surface area (Å²) < 4.78 is 32.9. The number of esters is 1. The van der Waals surface area contributed by atoms with Crippen molar-refractivity contribution in [1.29, 1.82) is 5.41 Å². The fourth-order valence-electron chi connectivity index (χ4n) is 4.83. The fourth-order valence-corrected chi connectivity index (χ4v) is 5.40. The Kier molecular flexibility index (Phi) is 8.57. The molecule has 0 amide bonds. The number of carbonyl (C=O) groups excluding carboxylic acids is 1. The Morgan fingerprint density at radius 1 is 1.12 bits per heavy atom. The molecule has 0 saturated heterocycles. The number of carbonyl (C=O) groups is 1. The summed E-state index contributed by atoms with van der Waals surface area (Å²) in [5.74, 6) is -0.0730. The highest BCUT2D eigenvalue weighted by molar-refractivity contribution is 7.81. The lowest BCUT2D eigenvalue weighted by Gasteiger charge is -2.26. The van der Waals surface area contributed by atoms with Gasteiger partial charge in [-0.25, -0.2) is 4.98 Å². The zero-order valence-electron chi connectivity index (χ0n) is 22.8. The van der Waals surface area contributed by atoms with Crippen LogP contribution in [0, 0.1) is 5.41 Å². The molecule has 0 aliphatic heterocycles. The topological polar surface area (TPSA) is 170 Å². The summed E-state index contributed by atoms with van der Waals surface area (Å²) in [6, 6.07) is 20.5. The van der Waals surface area contributed by atoms with Gasteiger partial charge < -0.3 is 24.7 Å².